The molecule has 0 aliphatic heterocycles. The van der Waals surface area contributed by atoms with Crippen molar-refractivity contribution >= 4 is 0 Å². The Balaban J connectivity index is 4.61. The molecule has 0 fully saturated rings. The van der Waals surface area contributed by atoms with E-state index in [0.717, 1.165) is 0 Å². The second-order valence-electron chi connectivity index (χ2n) is 3.87. The molecule has 18 heavy (non-hydrogen) atoms. The molecule has 6 heteroatoms. The molecule has 0 aromatic carbocycles. The summed E-state index contributed by atoms with van der Waals surface area (Å²) in [5, 5.41) is 0. The minimum Gasteiger partial charge on any atom is -0.355 e. The summed E-state index contributed by atoms with van der Waals surface area (Å²) in [5.41, 5.74) is 11.5. The van der Waals surface area contributed by atoms with Crippen LogP contribution in [-0.4, -0.2) is 38.2 Å². The summed E-state index contributed by atoms with van der Waals surface area (Å²) in [5.74, 6) is -1.27. The van der Waals surface area contributed by atoms with E-state index in [1.54, 1.807) is 0 Å². The SMILES string of the molecule is CCOC(COC(N)CC)(OCC)OC(N)CC. The van der Waals surface area contributed by atoms with E-state index >= 15 is 0 Å². The third kappa shape index (κ3) is 6.63. The predicted molar refractivity (Wildman–Crippen MR) is 69.6 cm³/mol. The van der Waals surface area contributed by atoms with Crippen LogP contribution >= 0.6 is 0 Å². The van der Waals surface area contributed by atoms with Crippen molar-refractivity contribution in [2.45, 2.75) is 59.0 Å². The quantitative estimate of drug-likeness (QED) is 0.544. The fraction of sp³-hybridized carbons (Fsp3) is 1.00. The number of hydrogen-bond acceptors (Lipinski definition) is 6. The zero-order valence-corrected chi connectivity index (χ0v) is 12.0. The summed E-state index contributed by atoms with van der Waals surface area (Å²) in [6.07, 6.45) is 0.520. The van der Waals surface area contributed by atoms with E-state index in [1.807, 2.05) is 27.7 Å². The second-order valence-corrected chi connectivity index (χ2v) is 3.87. The van der Waals surface area contributed by atoms with Crippen LogP contribution in [0.3, 0.4) is 0 Å². The van der Waals surface area contributed by atoms with Gasteiger partial charge in [-0.2, -0.15) is 0 Å². The molecule has 0 bridgehead atoms. The van der Waals surface area contributed by atoms with Crippen LogP contribution < -0.4 is 11.5 Å². The van der Waals surface area contributed by atoms with E-state index in [2.05, 4.69) is 0 Å². The lowest BCUT2D eigenvalue weighted by molar-refractivity contribution is -0.407. The highest BCUT2D eigenvalue weighted by atomic mass is 16.9. The maximum atomic E-state index is 5.79. The van der Waals surface area contributed by atoms with Gasteiger partial charge in [-0.3, -0.25) is 0 Å². The lowest BCUT2D eigenvalue weighted by Gasteiger charge is -2.34. The van der Waals surface area contributed by atoms with Crippen LogP contribution in [0.25, 0.3) is 0 Å². The smallest absolute Gasteiger partial charge is 0.309 e. The molecule has 0 radical (unpaired) electrons. The summed E-state index contributed by atoms with van der Waals surface area (Å²) >= 11 is 0. The van der Waals surface area contributed by atoms with Crippen molar-refractivity contribution in [3.63, 3.8) is 0 Å². The Morgan fingerprint density at radius 1 is 0.889 bits per heavy atom. The van der Waals surface area contributed by atoms with Gasteiger partial charge < -0.3 is 30.4 Å². The highest BCUT2D eigenvalue weighted by Crippen LogP contribution is 2.19. The van der Waals surface area contributed by atoms with E-state index in [4.69, 9.17) is 30.4 Å². The third-order valence-corrected chi connectivity index (χ3v) is 2.34. The zero-order valence-electron chi connectivity index (χ0n) is 12.0. The molecule has 0 aromatic rings. The van der Waals surface area contributed by atoms with Gasteiger partial charge in [-0.1, -0.05) is 13.8 Å². The van der Waals surface area contributed by atoms with Gasteiger partial charge in [0.05, 0.1) is 0 Å². The Kier molecular flexibility index (Phi) is 9.53. The highest BCUT2D eigenvalue weighted by Gasteiger charge is 2.36. The van der Waals surface area contributed by atoms with E-state index in [-0.39, 0.29) is 12.8 Å². The van der Waals surface area contributed by atoms with Gasteiger partial charge >= 0.3 is 5.97 Å². The van der Waals surface area contributed by atoms with Crippen molar-refractivity contribution < 1.29 is 18.9 Å². The third-order valence-electron chi connectivity index (χ3n) is 2.34. The molecule has 0 aliphatic rings. The van der Waals surface area contributed by atoms with Gasteiger partial charge in [-0.25, -0.2) is 0 Å². The molecule has 0 aliphatic carbocycles. The first kappa shape index (κ1) is 17.8. The fourth-order valence-electron chi connectivity index (χ4n) is 1.31. The molecule has 0 saturated heterocycles. The number of rotatable bonds is 11. The molecule has 110 valence electrons. The molecule has 0 amide bonds. The number of nitrogens with two attached hydrogens (primary N) is 2. The Morgan fingerprint density at radius 3 is 1.78 bits per heavy atom. The number of ether oxygens (including phenoxy) is 4. The molecular formula is C12H28N2O4. The molecule has 2 unspecified atom stereocenters. The van der Waals surface area contributed by atoms with Crippen molar-refractivity contribution in [1.82, 2.24) is 0 Å². The largest absolute Gasteiger partial charge is 0.355 e. The second kappa shape index (κ2) is 9.66. The van der Waals surface area contributed by atoms with Gasteiger partial charge in [-0.05, 0) is 26.7 Å². The average Bonchev–Trinajstić information content (AvgIpc) is 2.36. The Morgan fingerprint density at radius 2 is 1.39 bits per heavy atom. The van der Waals surface area contributed by atoms with Gasteiger partial charge in [0.25, 0.3) is 0 Å². The summed E-state index contributed by atoms with van der Waals surface area (Å²) in [7, 11) is 0. The monoisotopic (exact) mass is 264 g/mol. The molecule has 0 saturated carbocycles. The molecule has 2 atom stereocenters. The van der Waals surface area contributed by atoms with Crippen molar-refractivity contribution in [3.05, 3.63) is 0 Å². The predicted octanol–water partition coefficient (Wildman–Crippen LogP) is 1.14. The van der Waals surface area contributed by atoms with E-state index in [0.29, 0.717) is 26.1 Å². The van der Waals surface area contributed by atoms with Crippen molar-refractivity contribution in [1.29, 1.82) is 0 Å². The minimum absolute atomic E-state index is 0.0946. The van der Waals surface area contributed by atoms with Crippen LogP contribution in [0, 0.1) is 0 Å². The van der Waals surface area contributed by atoms with Crippen molar-refractivity contribution in [2.24, 2.45) is 11.5 Å². The minimum atomic E-state index is -1.27. The summed E-state index contributed by atoms with van der Waals surface area (Å²) in [6, 6.07) is 0. The van der Waals surface area contributed by atoms with Gasteiger partial charge in [0.1, 0.15) is 19.1 Å². The molecular weight excluding hydrogens is 236 g/mol. The molecule has 0 spiro atoms. The van der Waals surface area contributed by atoms with Gasteiger partial charge in [0.2, 0.25) is 0 Å². The molecule has 0 heterocycles. The maximum absolute atomic E-state index is 5.79. The van der Waals surface area contributed by atoms with Gasteiger partial charge in [-0.15, -0.1) is 0 Å². The highest BCUT2D eigenvalue weighted by molar-refractivity contribution is 4.61. The summed E-state index contributed by atoms with van der Waals surface area (Å²) in [6.45, 7) is 8.53. The lowest BCUT2D eigenvalue weighted by atomic mass is 10.4. The summed E-state index contributed by atoms with van der Waals surface area (Å²) in [4.78, 5) is 0. The summed E-state index contributed by atoms with van der Waals surface area (Å²) < 4.78 is 22.1. The van der Waals surface area contributed by atoms with Crippen LogP contribution in [-0.2, 0) is 18.9 Å². The topological polar surface area (TPSA) is 89.0 Å². The maximum Gasteiger partial charge on any atom is 0.309 e. The first-order valence-electron chi connectivity index (χ1n) is 6.61. The standard InChI is InChI=1S/C12H28N2O4/c1-5-10(13)15-9-12(16-7-3,17-8-4)18-11(14)6-2/h10-11H,5-9,13-14H2,1-4H3. The van der Waals surface area contributed by atoms with Crippen LogP contribution in [0.2, 0.25) is 0 Å². The van der Waals surface area contributed by atoms with Crippen LogP contribution in [0.5, 0.6) is 0 Å². The Labute approximate surface area is 110 Å². The Hall–Kier alpha value is -0.240. The van der Waals surface area contributed by atoms with Crippen LogP contribution in [0.1, 0.15) is 40.5 Å². The fourth-order valence-corrected chi connectivity index (χ4v) is 1.31. The van der Waals surface area contributed by atoms with Gasteiger partial charge in [0.15, 0.2) is 0 Å². The van der Waals surface area contributed by atoms with E-state index < -0.39 is 12.2 Å². The van der Waals surface area contributed by atoms with Crippen molar-refractivity contribution in [2.75, 3.05) is 19.8 Å². The van der Waals surface area contributed by atoms with E-state index in [9.17, 15) is 0 Å². The average molecular weight is 264 g/mol. The van der Waals surface area contributed by atoms with Crippen LogP contribution in [0.15, 0.2) is 0 Å². The number of hydrogen-bond donors (Lipinski definition) is 2. The molecule has 6 nitrogen and oxygen atoms in total. The zero-order chi connectivity index (χ0) is 14.0. The lowest BCUT2D eigenvalue weighted by Crippen LogP contribution is -2.49. The van der Waals surface area contributed by atoms with E-state index in [1.165, 1.54) is 0 Å². The normalized spacial score (nSPS) is 15.7. The molecule has 0 rings (SSSR count). The van der Waals surface area contributed by atoms with Crippen LogP contribution in [0.4, 0.5) is 0 Å². The van der Waals surface area contributed by atoms with Gasteiger partial charge in [0, 0.05) is 13.2 Å². The Bertz CT molecular complexity index is 199. The molecule has 0 aromatic heterocycles. The first-order valence-corrected chi connectivity index (χ1v) is 6.61. The molecule has 4 N–H and O–H groups in total. The van der Waals surface area contributed by atoms with Crippen molar-refractivity contribution in [3.8, 4) is 0 Å². The first-order chi connectivity index (χ1) is 8.53.